The Morgan fingerprint density at radius 1 is 1.10 bits per heavy atom. The molecule has 7 heteroatoms. The van der Waals surface area contributed by atoms with E-state index in [1.807, 2.05) is 6.07 Å². The number of nitrogens with one attached hydrogen (secondary N) is 2. The summed E-state index contributed by atoms with van der Waals surface area (Å²) >= 11 is 0. The zero-order valence-electron chi connectivity index (χ0n) is 17.1. The van der Waals surface area contributed by atoms with Crippen LogP contribution in [-0.4, -0.2) is 31.5 Å². The third-order valence-corrected chi connectivity index (χ3v) is 4.82. The number of rotatable bonds is 9. The van der Waals surface area contributed by atoms with Gasteiger partial charge in [0.2, 0.25) is 5.91 Å². The maximum Gasteiger partial charge on any atom is 0.308 e. The lowest BCUT2D eigenvalue weighted by Crippen LogP contribution is -2.30. The normalized spacial score (nSPS) is 13.8. The fraction of sp³-hybridized carbons (Fsp3) is 0.348. The molecule has 1 aliphatic rings. The molecule has 7 nitrogen and oxygen atoms in total. The molecule has 2 aromatic rings. The molecule has 1 fully saturated rings. The lowest BCUT2D eigenvalue weighted by molar-refractivity contribution is -0.143. The largest absolute Gasteiger partial charge is 0.497 e. The van der Waals surface area contributed by atoms with Gasteiger partial charge in [-0.25, -0.2) is 0 Å². The Morgan fingerprint density at radius 3 is 2.57 bits per heavy atom. The predicted octanol–water partition coefficient (Wildman–Crippen LogP) is 3.47. The molecule has 1 atom stereocenters. The minimum Gasteiger partial charge on any atom is -0.497 e. The number of ether oxygens (including phenoxy) is 2. The smallest absolute Gasteiger partial charge is 0.308 e. The van der Waals surface area contributed by atoms with Crippen LogP contribution in [0.1, 0.15) is 48.1 Å². The molecule has 0 spiro atoms. The van der Waals surface area contributed by atoms with E-state index < -0.39 is 12.0 Å². The monoisotopic (exact) mass is 410 g/mol. The van der Waals surface area contributed by atoms with E-state index in [-0.39, 0.29) is 30.8 Å². The lowest BCUT2D eigenvalue weighted by Gasteiger charge is -2.19. The van der Waals surface area contributed by atoms with Gasteiger partial charge in [-0.3, -0.25) is 14.4 Å². The van der Waals surface area contributed by atoms with E-state index in [0.29, 0.717) is 17.0 Å². The summed E-state index contributed by atoms with van der Waals surface area (Å²) in [6.07, 6.45) is 1.80. The third kappa shape index (κ3) is 5.83. The highest BCUT2D eigenvalue weighted by Gasteiger charge is 2.29. The lowest BCUT2D eigenvalue weighted by atomic mass is 10.0. The molecule has 30 heavy (non-hydrogen) atoms. The van der Waals surface area contributed by atoms with Crippen LogP contribution < -0.4 is 15.4 Å². The van der Waals surface area contributed by atoms with E-state index in [1.54, 1.807) is 56.5 Å². The second-order valence-corrected chi connectivity index (χ2v) is 7.16. The first-order valence-corrected chi connectivity index (χ1v) is 10.0. The molecule has 0 heterocycles. The SMILES string of the molecule is CCOC(=O)CC(NC(=O)c1cccc(NC(=O)C2CC2)c1)c1cccc(OC)c1. The number of esters is 1. The van der Waals surface area contributed by atoms with Crippen molar-refractivity contribution in [3.63, 3.8) is 0 Å². The summed E-state index contributed by atoms with van der Waals surface area (Å²) in [5.74, 6) is -0.0836. The maximum atomic E-state index is 12.9. The van der Waals surface area contributed by atoms with Crippen LogP contribution in [0.15, 0.2) is 48.5 Å². The molecule has 0 radical (unpaired) electrons. The van der Waals surface area contributed by atoms with Gasteiger partial charge in [-0.15, -0.1) is 0 Å². The summed E-state index contributed by atoms with van der Waals surface area (Å²) in [5.41, 5.74) is 1.69. The number of amides is 2. The zero-order valence-corrected chi connectivity index (χ0v) is 17.1. The number of anilines is 1. The van der Waals surface area contributed by atoms with Crippen LogP contribution in [0.4, 0.5) is 5.69 Å². The molecular formula is C23H26N2O5. The van der Waals surface area contributed by atoms with Gasteiger partial charge in [0, 0.05) is 17.2 Å². The molecule has 3 rings (SSSR count). The molecule has 2 aromatic carbocycles. The van der Waals surface area contributed by atoms with Gasteiger partial charge < -0.3 is 20.1 Å². The Morgan fingerprint density at radius 2 is 1.87 bits per heavy atom. The summed E-state index contributed by atoms with van der Waals surface area (Å²) in [6.45, 7) is 2.00. The molecule has 0 bridgehead atoms. The van der Waals surface area contributed by atoms with Crippen molar-refractivity contribution in [3.8, 4) is 5.75 Å². The van der Waals surface area contributed by atoms with Crippen molar-refractivity contribution in [3.05, 3.63) is 59.7 Å². The van der Waals surface area contributed by atoms with Gasteiger partial charge in [0.1, 0.15) is 5.75 Å². The first-order valence-electron chi connectivity index (χ1n) is 10.0. The second-order valence-electron chi connectivity index (χ2n) is 7.16. The van der Waals surface area contributed by atoms with E-state index in [9.17, 15) is 14.4 Å². The topological polar surface area (TPSA) is 93.7 Å². The second kappa shape index (κ2) is 9.91. The van der Waals surface area contributed by atoms with Gasteiger partial charge in [0.05, 0.1) is 26.2 Å². The molecule has 1 aliphatic carbocycles. The van der Waals surface area contributed by atoms with Crippen LogP contribution in [0.2, 0.25) is 0 Å². The average Bonchev–Trinajstić information content (AvgIpc) is 3.59. The standard InChI is InChI=1S/C23H26N2O5/c1-3-30-21(26)14-20(16-6-5-9-19(13-16)29-2)25-23(28)17-7-4-8-18(12-17)24-22(27)15-10-11-15/h4-9,12-13,15,20H,3,10-11,14H2,1-2H3,(H,24,27)(H,25,28). The molecule has 2 amide bonds. The summed E-state index contributed by atoms with van der Waals surface area (Å²) in [6, 6.07) is 13.3. The van der Waals surface area contributed by atoms with Crippen molar-refractivity contribution in [2.75, 3.05) is 19.0 Å². The fourth-order valence-corrected chi connectivity index (χ4v) is 3.07. The molecule has 2 N–H and O–H groups in total. The quantitative estimate of drug-likeness (QED) is 0.618. The summed E-state index contributed by atoms with van der Waals surface area (Å²) in [4.78, 5) is 37.0. The number of methoxy groups -OCH3 is 1. The summed E-state index contributed by atoms with van der Waals surface area (Å²) < 4.78 is 10.3. The van der Waals surface area contributed by atoms with Crippen LogP contribution in [-0.2, 0) is 14.3 Å². The highest BCUT2D eigenvalue weighted by atomic mass is 16.5. The maximum absolute atomic E-state index is 12.9. The number of carbonyl (C=O) groups excluding carboxylic acids is 3. The van der Waals surface area contributed by atoms with Crippen LogP contribution in [0, 0.1) is 5.92 Å². The Balaban J connectivity index is 1.76. The van der Waals surface area contributed by atoms with E-state index in [2.05, 4.69) is 10.6 Å². The fourth-order valence-electron chi connectivity index (χ4n) is 3.07. The Labute approximate surface area is 175 Å². The highest BCUT2D eigenvalue weighted by molar-refractivity contribution is 5.98. The number of hydrogen-bond acceptors (Lipinski definition) is 5. The van der Waals surface area contributed by atoms with Crippen LogP contribution >= 0.6 is 0 Å². The molecule has 0 saturated heterocycles. The first kappa shape index (κ1) is 21.4. The number of carbonyl (C=O) groups is 3. The van der Waals surface area contributed by atoms with E-state index in [1.165, 1.54) is 0 Å². The van der Waals surface area contributed by atoms with E-state index in [0.717, 1.165) is 18.4 Å². The average molecular weight is 410 g/mol. The predicted molar refractivity (Wildman–Crippen MR) is 112 cm³/mol. The van der Waals surface area contributed by atoms with Crippen molar-refractivity contribution >= 4 is 23.5 Å². The Kier molecular flexibility index (Phi) is 7.06. The molecule has 1 saturated carbocycles. The van der Waals surface area contributed by atoms with Crippen molar-refractivity contribution in [2.24, 2.45) is 5.92 Å². The minimum atomic E-state index is -0.587. The van der Waals surface area contributed by atoms with Crippen molar-refractivity contribution < 1.29 is 23.9 Å². The summed E-state index contributed by atoms with van der Waals surface area (Å²) in [5, 5.41) is 5.74. The van der Waals surface area contributed by atoms with Crippen molar-refractivity contribution in [1.82, 2.24) is 5.32 Å². The van der Waals surface area contributed by atoms with E-state index in [4.69, 9.17) is 9.47 Å². The summed E-state index contributed by atoms with van der Waals surface area (Å²) in [7, 11) is 1.56. The van der Waals surface area contributed by atoms with Gasteiger partial charge in [0.15, 0.2) is 0 Å². The zero-order chi connectivity index (χ0) is 21.5. The first-order chi connectivity index (χ1) is 14.5. The number of benzene rings is 2. The van der Waals surface area contributed by atoms with E-state index >= 15 is 0 Å². The van der Waals surface area contributed by atoms with Gasteiger partial charge in [0.25, 0.3) is 5.91 Å². The van der Waals surface area contributed by atoms with Crippen LogP contribution in [0.3, 0.4) is 0 Å². The van der Waals surface area contributed by atoms with Gasteiger partial charge >= 0.3 is 5.97 Å². The molecule has 158 valence electrons. The van der Waals surface area contributed by atoms with Crippen molar-refractivity contribution in [2.45, 2.75) is 32.2 Å². The molecule has 1 unspecified atom stereocenters. The molecule has 0 aromatic heterocycles. The van der Waals surface area contributed by atoms with Crippen LogP contribution in [0.25, 0.3) is 0 Å². The van der Waals surface area contributed by atoms with Gasteiger partial charge in [-0.2, -0.15) is 0 Å². The Bertz CT molecular complexity index is 923. The third-order valence-electron chi connectivity index (χ3n) is 4.82. The van der Waals surface area contributed by atoms with Gasteiger partial charge in [-0.05, 0) is 55.7 Å². The minimum absolute atomic E-state index is 0.00907. The molecular weight excluding hydrogens is 384 g/mol. The number of hydrogen-bond donors (Lipinski definition) is 2. The Hall–Kier alpha value is -3.35. The van der Waals surface area contributed by atoms with Crippen LogP contribution in [0.5, 0.6) is 5.75 Å². The van der Waals surface area contributed by atoms with Crippen molar-refractivity contribution in [1.29, 1.82) is 0 Å². The van der Waals surface area contributed by atoms with Gasteiger partial charge in [-0.1, -0.05) is 18.2 Å². The molecule has 0 aliphatic heterocycles. The highest BCUT2D eigenvalue weighted by Crippen LogP contribution is 2.30.